The van der Waals surface area contributed by atoms with Crippen LogP contribution >= 0.6 is 0 Å². The molecule has 6 rings (SSSR count). The van der Waals surface area contributed by atoms with Crippen molar-refractivity contribution in [3.8, 4) is 23.0 Å². The van der Waals surface area contributed by atoms with Crippen LogP contribution < -0.4 is 43.8 Å². The Morgan fingerprint density at radius 3 is 1.19 bits per heavy atom. The number of fused-ring (bicyclic) bond motifs is 6. The zero-order valence-electron chi connectivity index (χ0n) is 21.0. The molecule has 0 aromatic heterocycles. The summed E-state index contributed by atoms with van der Waals surface area (Å²) in [5, 5.41) is 9.59. The molecule has 4 nitrogen and oxygen atoms in total. The molecule has 0 N–H and O–H groups in total. The van der Waals surface area contributed by atoms with Crippen molar-refractivity contribution in [3.63, 3.8) is 0 Å². The number of halogens is 2. The molecule has 0 spiro atoms. The summed E-state index contributed by atoms with van der Waals surface area (Å²) in [6.45, 7) is 0. The molecule has 37 heavy (non-hydrogen) atoms. The fourth-order valence-electron chi connectivity index (χ4n) is 4.71. The summed E-state index contributed by atoms with van der Waals surface area (Å²) in [5.41, 5.74) is 0. The van der Waals surface area contributed by atoms with Crippen molar-refractivity contribution in [2.24, 2.45) is 0 Å². The van der Waals surface area contributed by atoms with Gasteiger partial charge in [0, 0.05) is 0 Å². The van der Waals surface area contributed by atoms with E-state index in [1.807, 2.05) is 24.3 Å². The van der Waals surface area contributed by atoms with Gasteiger partial charge in [-0.1, -0.05) is 59.3 Å². The normalized spacial score (nSPS) is 10.1. The number of hydrogen-bond donors (Lipinski definition) is 0. The molecule has 0 amide bonds. The summed E-state index contributed by atoms with van der Waals surface area (Å²) in [7, 11) is 6.67. The second-order valence-electron chi connectivity index (χ2n) is 7.99. The number of methoxy groups -OCH3 is 4. The van der Waals surface area contributed by atoms with Crippen LogP contribution in [0.1, 0.15) is 0 Å². The van der Waals surface area contributed by atoms with E-state index < -0.39 is 0 Å². The minimum absolute atomic E-state index is 0. The fraction of sp³-hybridized carbons (Fsp3) is 0.133. The molecule has 7 heteroatoms. The first-order valence-electron chi connectivity index (χ1n) is 11.1. The second kappa shape index (κ2) is 13.1. The predicted octanol–water partition coefficient (Wildman–Crippen LogP) is 1.46. The van der Waals surface area contributed by atoms with E-state index in [1.54, 1.807) is 28.4 Å². The molecule has 0 atom stereocenters. The molecule has 188 valence electrons. The van der Waals surface area contributed by atoms with Crippen LogP contribution in [0.5, 0.6) is 23.0 Å². The molecule has 6 aromatic carbocycles. The molecule has 0 unspecified atom stereocenters. The number of benzene rings is 4. The first-order valence-corrected chi connectivity index (χ1v) is 11.1. The summed E-state index contributed by atoms with van der Waals surface area (Å²) in [4.78, 5) is 0. The van der Waals surface area contributed by atoms with E-state index in [1.165, 1.54) is 32.3 Å². The van der Waals surface area contributed by atoms with Gasteiger partial charge in [0.05, 0.1) is 28.4 Å². The molecule has 0 saturated carbocycles. The molecule has 0 bridgehead atoms. The second-order valence-corrected chi connectivity index (χ2v) is 7.99. The van der Waals surface area contributed by atoms with Crippen molar-refractivity contribution in [2.75, 3.05) is 28.4 Å². The molecule has 0 aliphatic heterocycles. The van der Waals surface area contributed by atoms with Gasteiger partial charge in [-0.05, 0) is 12.1 Å². The van der Waals surface area contributed by atoms with Gasteiger partial charge in [0.25, 0.3) is 0 Å². The first-order chi connectivity index (χ1) is 16.7. The Kier molecular flexibility index (Phi) is 10.7. The molecule has 0 radical (unpaired) electrons. The third-order valence-corrected chi connectivity index (χ3v) is 6.27. The molecule has 0 aliphatic rings. The van der Waals surface area contributed by atoms with Gasteiger partial charge in [-0.15, -0.1) is 56.6 Å². The maximum absolute atomic E-state index is 5.45. The maximum atomic E-state index is 5.45. The number of rotatable bonds is 4. The van der Waals surface area contributed by atoms with Gasteiger partial charge in [0.15, 0.2) is 0 Å². The average Bonchev–Trinajstić information content (AvgIpc) is 3.46. The van der Waals surface area contributed by atoms with Gasteiger partial charge in [-0.3, -0.25) is 0 Å². The van der Waals surface area contributed by atoms with Crippen molar-refractivity contribution in [2.45, 2.75) is 0 Å². The molecule has 0 aliphatic carbocycles. The summed E-state index contributed by atoms with van der Waals surface area (Å²) in [6, 6.07) is 29.0. The minimum Gasteiger partial charge on any atom is -1.00 e. The Hall–Kier alpha value is -2.89. The fourth-order valence-corrected chi connectivity index (χ4v) is 4.71. The predicted molar refractivity (Wildman–Crippen MR) is 140 cm³/mol. The van der Waals surface area contributed by atoms with Gasteiger partial charge in [0.2, 0.25) is 0 Å². The van der Waals surface area contributed by atoms with E-state index in [0.29, 0.717) is 0 Å². The third kappa shape index (κ3) is 5.39. The van der Waals surface area contributed by atoms with Crippen LogP contribution in [0, 0.1) is 0 Å². The molecule has 0 fully saturated rings. The van der Waals surface area contributed by atoms with Crippen molar-refractivity contribution in [3.05, 3.63) is 84.9 Å². The van der Waals surface area contributed by atoms with E-state index in [0.717, 1.165) is 33.8 Å². The molecule has 0 saturated heterocycles. The first kappa shape index (κ1) is 30.3. The van der Waals surface area contributed by atoms with Crippen LogP contribution in [-0.2, 0) is 21.7 Å². The number of ether oxygens (including phenoxy) is 4. The van der Waals surface area contributed by atoms with Crippen LogP contribution in [0.3, 0.4) is 0 Å². The molecular weight excluding hydrogens is 543 g/mol. The summed E-state index contributed by atoms with van der Waals surface area (Å²) in [6.07, 6.45) is 0. The summed E-state index contributed by atoms with van der Waals surface area (Å²) >= 11 is 0. The Labute approximate surface area is 243 Å². The summed E-state index contributed by atoms with van der Waals surface area (Å²) in [5.74, 6) is 3.16. The molecule has 6 aromatic rings. The third-order valence-electron chi connectivity index (χ3n) is 6.27. The van der Waals surface area contributed by atoms with Crippen molar-refractivity contribution < 1.29 is 65.5 Å². The van der Waals surface area contributed by atoms with Gasteiger partial charge < -0.3 is 43.8 Å². The van der Waals surface area contributed by atoms with Crippen molar-refractivity contribution in [1.82, 2.24) is 0 Å². The Morgan fingerprint density at radius 1 is 0.459 bits per heavy atom. The van der Waals surface area contributed by atoms with Gasteiger partial charge in [0.1, 0.15) is 23.0 Å². The Balaban J connectivity index is 0.000000241. The minimum atomic E-state index is 0. The largest absolute Gasteiger partial charge is 4.00 e. The Bertz CT molecular complexity index is 1500. The average molecular weight is 569 g/mol. The van der Waals surface area contributed by atoms with Gasteiger partial charge in [-0.25, -0.2) is 0 Å². The maximum Gasteiger partial charge on any atom is 4.00 e. The van der Waals surface area contributed by atoms with Gasteiger partial charge >= 0.3 is 21.7 Å². The quantitative estimate of drug-likeness (QED) is 0.238. The van der Waals surface area contributed by atoms with Crippen LogP contribution in [0.2, 0.25) is 0 Å². The van der Waals surface area contributed by atoms with Crippen LogP contribution in [0.25, 0.3) is 43.1 Å². The Morgan fingerprint density at radius 2 is 0.838 bits per heavy atom. The molecular formula is C30H26Cl2O4Ti. The zero-order valence-corrected chi connectivity index (χ0v) is 24.0. The zero-order chi connectivity index (χ0) is 23.7. The topological polar surface area (TPSA) is 36.9 Å². The monoisotopic (exact) mass is 568 g/mol. The van der Waals surface area contributed by atoms with E-state index in [9.17, 15) is 0 Å². The van der Waals surface area contributed by atoms with E-state index >= 15 is 0 Å². The van der Waals surface area contributed by atoms with E-state index in [-0.39, 0.29) is 46.5 Å². The number of hydrogen-bond acceptors (Lipinski definition) is 4. The SMILES string of the molecule is COc1ccc2c([cH-]c3ccccc32)c1OC.COc1ccc2c([cH-]c3ccccc32)c1OC.[Cl-].[Cl-].[Ti+4]. The smallest absolute Gasteiger partial charge is 1.00 e. The molecule has 0 heterocycles. The van der Waals surface area contributed by atoms with Crippen LogP contribution in [-0.4, -0.2) is 28.4 Å². The van der Waals surface area contributed by atoms with Gasteiger partial charge in [-0.2, -0.15) is 0 Å². The van der Waals surface area contributed by atoms with Crippen LogP contribution in [0.15, 0.2) is 84.9 Å². The van der Waals surface area contributed by atoms with E-state index in [2.05, 4.69) is 60.7 Å². The van der Waals surface area contributed by atoms with Crippen LogP contribution in [0.4, 0.5) is 0 Å². The van der Waals surface area contributed by atoms with Crippen molar-refractivity contribution in [1.29, 1.82) is 0 Å². The van der Waals surface area contributed by atoms with Crippen molar-refractivity contribution >= 4 is 43.1 Å². The summed E-state index contributed by atoms with van der Waals surface area (Å²) < 4.78 is 21.5. The standard InChI is InChI=1S/2C15H13O2.2ClH.Ti/c2*1-16-14-8-7-12-11-6-4-3-5-10(11)9-13(12)15(14)17-2;;;/h2*3-9H,1-2H3;2*1H;/q2*-1;;;+4/p-2. The van der Waals surface area contributed by atoms with E-state index in [4.69, 9.17) is 18.9 Å².